The largest absolute Gasteiger partial charge is 0.419 e. The molecule has 0 atom stereocenters. The van der Waals surface area contributed by atoms with Gasteiger partial charge < -0.3 is 5.11 Å². The fraction of sp³-hybridized carbons (Fsp3) is 0.385. The minimum atomic E-state index is -4.44. The Hall–Kier alpha value is -1.89. The van der Waals surface area contributed by atoms with E-state index >= 15 is 0 Å². The molecule has 2 aromatic rings. The second-order valence-corrected chi connectivity index (χ2v) is 4.74. The van der Waals surface area contributed by atoms with Crippen molar-refractivity contribution in [3.63, 3.8) is 0 Å². The molecular formula is C13H14F3N3O. The van der Waals surface area contributed by atoms with Gasteiger partial charge in [0.1, 0.15) is 0 Å². The third-order valence-corrected chi connectivity index (χ3v) is 2.81. The van der Waals surface area contributed by atoms with Crippen LogP contribution in [0.15, 0.2) is 24.5 Å². The molecule has 1 N–H and O–H groups in total. The molecule has 0 saturated heterocycles. The summed E-state index contributed by atoms with van der Waals surface area (Å²) in [4.78, 5) is 4.27. The van der Waals surface area contributed by atoms with Gasteiger partial charge in [0.2, 0.25) is 0 Å². The van der Waals surface area contributed by atoms with Crippen molar-refractivity contribution in [1.29, 1.82) is 0 Å². The minimum absolute atomic E-state index is 0.0953. The van der Waals surface area contributed by atoms with Gasteiger partial charge in [-0.15, -0.1) is 0 Å². The van der Waals surface area contributed by atoms with Crippen molar-refractivity contribution in [1.82, 2.24) is 14.8 Å². The molecule has 2 aromatic heterocycles. The summed E-state index contributed by atoms with van der Waals surface area (Å²) < 4.78 is 38.7. The lowest BCUT2D eigenvalue weighted by Gasteiger charge is -2.10. The zero-order valence-corrected chi connectivity index (χ0v) is 11.0. The molecule has 0 bridgehead atoms. The van der Waals surface area contributed by atoms with Crippen LogP contribution >= 0.6 is 0 Å². The van der Waals surface area contributed by atoms with Crippen LogP contribution in [0.25, 0.3) is 5.82 Å². The van der Waals surface area contributed by atoms with E-state index in [0.717, 1.165) is 17.1 Å². The van der Waals surface area contributed by atoms with Gasteiger partial charge in [-0.1, -0.05) is 13.8 Å². The van der Waals surface area contributed by atoms with Crippen LogP contribution in [0.1, 0.15) is 36.6 Å². The summed E-state index contributed by atoms with van der Waals surface area (Å²) in [7, 11) is 0. The molecule has 0 amide bonds. The summed E-state index contributed by atoms with van der Waals surface area (Å²) in [5.41, 5.74) is 0.443. The molecule has 2 heterocycles. The average Bonchev–Trinajstić information content (AvgIpc) is 2.87. The van der Waals surface area contributed by atoms with Crippen molar-refractivity contribution < 1.29 is 18.3 Å². The Kier molecular flexibility index (Phi) is 3.80. The SMILES string of the molecule is CC(C)c1cc(CO)cc(-n2cc(C(F)(F)F)cn2)n1. The van der Waals surface area contributed by atoms with Crippen LogP contribution in [-0.4, -0.2) is 19.9 Å². The molecule has 0 saturated carbocycles. The molecule has 2 rings (SSSR count). The van der Waals surface area contributed by atoms with E-state index in [0.29, 0.717) is 11.3 Å². The van der Waals surface area contributed by atoms with Crippen LogP contribution in [0, 0.1) is 0 Å². The topological polar surface area (TPSA) is 50.9 Å². The van der Waals surface area contributed by atoms with E-state index < -0.39 is 11.7 Å². The molecule has 7 heteroatoms. The van der Waals surface area contributed by atoms with Gasteiger partial charge in [-0.2, -0.15) is 18.3 Å². The number of hydrogen-bond acceptors (Lipinski definition) is 3. The van der Waals surface area contributed by atoms with Crippen molar-refractivity contribution in [3.05, 3.63) is 41.3 Å². The second kappa shape index (κ2) is 5.24. The first kappa shape index (κ1) is 14.5. The molecule has 0 unspecified atom stereocenters. The van der Waals surface area contributed by atoms with Gasteiger partial charge in [0.05, 0.1) is 18.4 Å². The Bertz CT molecular complexity index is 605. The van der Waals surface area contributed by atoms with Crippen LogP contribution in [-0.2, 0) is 12.8 Å². The maximum absolute atomic E-state index is 12.6. The number of pyridine rings is 1. The van der Waals surface area contributed by atoms with Gasteiger partial charge in [-0.25, -0.2) is 9.67 Å². The molecule has 0 radical (unpaired) electrons. The van der Waals surface area contributed by atoms with Crippen LogP contribution < -0.4 is 0 Å². The van der Waals surface area contributed by atoms with Gasteiger partial charge in [0, 0.05) is 11.9 Å². The lowest BCUT2D eigenvalue weighted by Crippen LogP contribution is -2.05. The third kappa shape index (κ3) is 2.98. The van der Waals surface area contributed by atoms with E-state index in [2.05, 4.69) is 10.1 Å². The molecule has 0 aliphatic carbocycles. The molecule has 0 fully saturated rings. The lowest BCUT2D eigenvalue weighted by atomic mass is 10.1. The van der Waals surface area contributed by atoms with Gasteiger partial charge in [-0.05, 0) is 23.6 Å². The van der Waals surface area contributed by atoms with Gasteiger partial charge in [-0.3, -0.25) is 0 Å². The maximum Gasteiger partial charge on any atom is 0.419 e. The van der Waals surface area contributed by atoms with Gasteiger partial charge in [0.25, 0.3) is 0 Å². The smallest absolute Gasteiger partial charge is 0.392 e. The highest BCUT2D eigenvalue weighted by molar-refractivity contribution is 5.32. The number of aromatic nitrogens is 3. The Morgan fingerprint density at radius 3 is 2.50 bits per heavy atom. The summed E-state index contributed by atoms with van der Waals surface area (Å²) in [6.45, 7) is 3.62. The number of rotatable bonds is 3. The molecule has 0 spiro atoms. The number of halogens is 3. The predicted molar refractivity (Wildman–Crippen MR) is 66.4 cm³/mol. The van der Waals surface area contributed by atoms with Crippen LogP contribution in [0.5, 0.6) is 0 Å². The van der Waals surface area contributed by atoms with E-state index in [4.69, 9.17) is 0 Å². The number of alkyl halides is 3. The number of nitrogens with zero attached hydrogens (tertiary/aromatic N) is 3. The zero-order chi connectivity index (χ0) is 14.9. The third-order valence-electron chi connectivity index (χ3n) is 2.81. The van der Waals surface area contributed by atoms with Crippen molar-refractivity contribution in [2.75, 3.05) is 0 Å². The Morgan fingerprint density at radius 1 is 1.30 bits per heavy atom. The van der Waals surface area contributed by atoms with E-state index in [1.807, 2.05) is 13.8 Å². The van der Waals surface area contributed by atoms with E-state index in [1.54, 1.807) is 6.07 Å². The fourth-order valence-electron chi connectivity index (χ4n) is 1.69. The first-order chi connectivity index (χ1) is 9.31. The standard InChI is InChI=1S/C13H14F3N3O/c1-8(2)11-3-9(7-20)4-12(18-11)19-6-10(5-17-19)13(14,15)16/h3-6,8,20H,7H2,1-2H3. The predicted octanol–water partition coefficient (Wildman–Crippen LogP) is 2.90. The molecule has 20 heavy (non-hydrogen) atoms. The molecule has 108 valence electrons. The first-order valence-corrected chi connectivity index (χ1v) is 6.05. The average molecular weight is 285 g/mol. The second-order valence-electron chi connectivity index (χ2n) is 4.74. The number of aliphatic hydroxyl groups excluding tert-OH is 1. The summed E-state index contributed by atoms with van der Waals surface area (Å²) in [6, 6.07) is 3.24. The van der Waals surface area contributed by atoms with Crippen LogP contribution in [0.2, 0.25) is 0 Å². The number of aliphatic hydroxyl groups is 1. The summed E-state index contributed by atoms with van der Waals surface area (Å²) >= 11 is 0. The monoisotopic (exact) mass is 285 g/mol. The summed E-state index contributed by atoms with van der Waals surface area (Å²) in [6.07, 6.45) is -2.80. The quantitative estimate of drug-likeness (QED) is 0.943. The normalized spacial score (nSPS) is 12.2. The Balaban J connectivity index is 2.46. The van der Waals surface area contributed by atoms with Crippen molar-refractivity contribution >= 4 is 0 Å². The summed E-state index contributed by atoms with van der Waals surface area (Å²) in [5, 5.41) is 12.9. The first-order valence-electron chi connectivity index (χ1n) is 6.05. The Morgan fingerprint density at radius 2 is 2.00 bits per heavy atom. The van der Waals surface area contributed by atoms with Gasteiger partial charge >= 0.3 is 6.18 Å². The lowest BCUT2D eigenvalue weighted by molar-refractivity contribution is -0.137. The highest BCUT2D eigenvalue weighted by atomic mass is 19.4. The zero-order valence-electron chi connectivity index (χ0n) is 11.0. The van der Waals surface area contributed by atoms with E-state index in [-0.39, 0.29) is 18.3 Å². The molecule has 0 aromatic carbocycles. The molecule has 0 aliphatic rings. The van der Waals surface area contributed by atoms with Crippen LogP contribution in [0.3, 0.4) is 0 Å². The van der Waals surface area contributed by atoms with Gasteiger partial charge in [0.15, 0.2) is 5.82 Å². The van der Waals surface area contributed by atoms with Crippen LogP contribution in [0.4, 0.5) is 13.2 Å². The number of hydrogen-bond donors (Lipinski definition) is 1. The minimum Gasteiger partial charge on any atom is -0.392 e. The highest BCUT2D eigenvalue weighted by Crippen LogP contribution is 2.29. The summed E-state index contributed by atoms with van der Waals surface area (Å²) in [5.74, 6) is 0.355. The van der Waals surface area contributed by atoms with E-state index in [1.165, 1.54) is 6.07 Å². The Labute approximate surface area is 113 Å². The fourth-order valence-corrected chi connectivity index (χ4v) is 1.69. The van der Waals surface area contributed by atoms with Crippen molar-refractivity contribution in [3.8, 4) is 5.82 Å². The molecular weight excluding hydrogens is 271 g/mol. The highest BCUT2D eigenvalue weighted by Gasteiger charge is 2.32. The molecule has 0 aliphatic heterocycles. The maximum atomic E-state index is 12.6. The van der Waals surface area contributed by atoms with Crippen molar-refractivity contribution in [2.24, 2.45) is 0 Å². The molecule has 4 nitrogen and oxygen atoms in total. The van der Waals surface area contributed by atoms with Crippen molar-refractivity contribution in [2.45, 2.75) is 32.5 Å². The van der Waals surface area contributed by atoms with E-state index in [9.17, 15) is 18.3 Å².